The van der Waals surface area contributed by atoms with E-state index in [9.17, 15) is 8.42 Å². The standard InChI is InChI=1S/C16H26N2O2S/c1-4-18(16-9-10-16)21(19,20)12-15-7-5-14(6-8-15)11-17-13(2)3/h5-8,13,16-17H,4,9-12H2,1-3H3. The van der Waals surface area contributed by atoms with Gasteiger partial charge >= 0.3 is 0 Å². The van der Waals surface area contributed by atoms with Crippen molar-refractivity contribution in [2.24, 2.45) is 0 Å². The van der Waals surface area contributed by atoms with Crippen LogP contribution in [0.25, 0.3) is 0 Å². The molecule has 0 heterocycles. The van der Waals surface area contributed by atoms with Gasteiger partial charge in [-0.2, -0.15) is 4.31 Å². The second-order valence-corrected chi connectivity index (χ2v) is 7.96. The number of hydrogen-bond acceptors (Lipinski definition) is 3. The number of sulfonamides is 1. The summed E-state index contributed by atoms with van der Waals surface area (Å²) in [6.07, 6.45) is 2.01. The molecule has 0 radical (unpaired) electrons. The van der Waals surface area contributed by atoms with Crippen LogP contribution in [-0.4, -0.2) is 31.4 Å². The summed E-state index contributed by atoms with van der Waals surface area (Å²) in [6.45, 7) is 7.52. The van der Waals surface area contributed by atoms with Crippen molar-refractivity contribution in [1.29, 1.82) is 0 Å². The Bertz CT molecular complexity index is 548. The van der Waals surface area contributed by atoms with E-state index in [1.54, 1.807) is 4.31 Å². The number of hydrogen-bond donors (Lipinski definition) is 1. The zero-order chi connectivity index (χ0) is 15.5. The number of rotatable bonds is 8. The maximum atomic E-state index is 12.4. The van der Waals surface area contributed by atoms with Gasteiger partial charge in [-0.15, -0.1) is 0 Å². The molecule has 0 aliphatic heterocycles. The molecule has 1 aliphatic carbocycles. The van der Waals surface area contributed by atoms with Crippen molar-refractivity contribution in [3.8, 4) is 0 Å². The third-order valence-corrected chi connectivity index (χ3v) is 5.68. The highest BCUT2D eigenvalue weighted by molar-refractivity contribution is 7.88. The minimum atomic E-state index is -3.18. The van der Waals surface area contributed by atoms with Crippen LogP contribution in [0, 0.1) is 0 Å². The highest BCUT2D eigenvalue weighted by Gasteiger charge is 2.35. The summed E-state index contributed by atoms with van der Waals surface area (Å²) >= 11 is 0. The summed E-state index contributed by atoms with van der Waals surface area (Å²) < 4.78 is 26.5. The van der Waals surface area contributed by atoms with Crippen molar-refractivity contribution in [3.63, 3.8) is 0 Å². The van der Waals surface area contributed by atoms with Crippen LogP contribution in [0.5, 0.6) is 0 Å². The molecule has 1 fully saturated rings. The maximum Gasteiger partial charge on any atom is 0.218 e. The lowest BCUT2D eigenvalue weighted by Gasteiger charge is -2.20. The highest BCUT2D eigenvalue weighted by atomic mass is 32.2. The largest absolute Gasteiger partial charge is 0.310 e. The van der Waals surface area contributed by atoms with Crippen molar-refractivity contribution >= 4 is 10.0 Å². The Labute approximate surface area is 128 Å². The fourth-order valence-electron chi connectivity index (χ4n) is 2.41. The van der Waals surface area contributed by atoms with E-state index in [2.05, 4.69) is 19.2 Å². The van der Waals surface area contributed by atoms with Gasteiger partial charge in [0, 0.05) is 25.2 Å². The molecule has 1 saturated carbocycles. The first kappa shape index (κ1) is 16.5. The first-order valence-electron chi connectivity index (χ1n) is 7.73. The van der Waals surface area contributed by atoms with E-state index in [-0.39, 0.29) is 11.8 Å². The molecule has 0 bridgehead atoms. The Kier molecular flexibility index (Phi) is 5.41. The monoisotopic (exact) mass is 310 g/mol. The van der Waals surface area contributed by atoms with E-state index in [0.717, 1.165) is 24.9 Å². The van der Waals surface area contributed by atoms with Crippen LogP contribution < -0.4 is 5.32 Å². The molecule has 1 aromatic carbocycles. The van der Waals surface area contributed by atoms with Gasteiger partial charge in [0.1, 0.15) is 0 Å². The smallest absolute Gasteiger partial charge is 0.218 e. The predicted octanol–water partition coefficient (Wildman–Crippen LogP) is 2.50. The van der Waals surface area contributed by atoms with Crippen LogP contribution in [0.3, 0.4) is 0 Å². The van der Waals surface area contributed by atoms with Crippen molar-refractivity contribution in [1.82, 2.24) is 9.62 Å². The molecule has 0 atom stereocenters. The van der Waals surface area contributed by atoms with E-state index >= 15 is 0 Å². The van der Waals surface area contributed by atoms with Crippen LogP contribution in [-0.2, 0) is 22.3 Å². The summed E-state index contributed by atoms with van der Waals surface area (Å²) in [7, 11) is -3.18. The van der Waals surface area contributed by atoms with Gasteiger partial charge in [-0.25, -0.2) is 8.42 Å². The summed E-state index contributed by atoms with van der Waals surface area (Å²) in [6, 6.07) is 8.56. The summed E-state index contributed by atoms with van der Waals surface area (Å²) in [5.41, 5.74) is 2.04. The SMILES string of the molecule is CCN(C1CC1)S(=O)(=O)Cc1ccc(CNC(C)C)cc1. The Hall–Kier alpha value is -0.910. The summed E-state index contributed by atoms with van der Waals surface area (Å²) in [4.78, 5) is 0. The molecule has 4 nitrogen and oxygen atoms in total. The van der Waals surface area contributed by atoms with Gasteiger partial charge in [-0.05, 0) is 24.0 Å². The lowest BCUT2D eigenvalue weighted by atomic mass is 10.1. The van der Waals surface area contributed by atoms with Crippen LogP contribution in [0.15, 0.2) is 24.3 Å². The van der Waals surface area contributed by atoms with E-state index in [1.807, 2.05) is 31.2 Å². The third-order valence-electron chi connectivity index (χ3n) is 3.71. The van der Waals surface area contributed by atoms with Crippen LogP contribution in [0.1, 0.15) is 44.7 Å². The lowest BCUT2D eigenvalue weighted by molar-refractivity contribution is 0.420. The zero-order valence-corrected chi connectivity index (χ0v) is 14.0. The second kappa shape index (κ2) is 6.90. The molecule has 0 unspecified atom stereocenters. The van der Waals surface area contributed by atoms with Gasteiger partial charge in [0.25, 0.3) is 0 Å². The molecule has 5 heteroatoms. The third kappa shape index (κ3) is 4.80. The molecule has 1 aromatic rings. The molecular formula is C16H26N2O2S. The first-order valence-corrected chi connectivity index (χ1v) is 9.34. The van der Waals surface area contributed by atoms with Gasteiger partial charge in [-0.3, -0.25) is 0 Å². The fourth-order valence-corrected chi connectivity index (χ4v) is 4.25. The Morgan fingerprint density at radius 3 is 2.24 bits per heavy atom. The molecule has 2 rings (SSSR count). The molecule has 0 aromatic heterocycles. The van der Waals surface area contributed by atoms with Gasteiger partial charge in [0.05, 0.1) is 5.75 Å². The fraction of sp³-hybridized carbons (Fsp3) is 0.625. The van der Waals surface area contributed by atoms with Crippen LogP contribution in [0.4, 0.5) is 0 Å². The Morgan fingerprint density at radius 2 is 1.76 bits per heavy atom. The van der Waals surface area contributed by atoms with Crippen LogP contribution >= 0.6 is 0 Å². The van der Waals surface area contributed by atoms with Crippen molar-refractivity contribution in [2.75, 3.05) is 6.54 Å². The lowest BCUT2D eigenvalue weighted by Crippen LogP contribution is -2.33. The van der Waals surface area contributed by atoms with E-state index < -0.39 is 10.0 Å². The quantitative estimate of drug-likeness (QED) is 0.802. The normalized spacial score (nSPS) is 15.9. The number of nitrogens with zero attached hydrogens (tertiary/aromatic N) is 1. The van der Waals surface area contributed by atoms with Gasteiger partial charge in [0.15, 0.2) is 0 Å². The average molecular weight is 310 g/mol. The van der Waals surface area contributed by atoms with E-state index in [0.29, 0.717) is 12.6 Å². The molecule has 118 valence electrons. The molecular weight excluding hydrogens is 284 g/mol. The topological polar surface area (TPSA) is 49.4 Å². The minimum absolute atomic E-state index is 0.106. The molecule has 1 aliphatic rings. The highest BCUT2D eigenvalue weighted by Crippen LogP contribution is 2.30. The van der Waals surface area contributed by atoms with Crippen LogP contribution in [0.2, 0.25) is 0 Å². The molecule has 0 amide bonds. The molecule has 0 saturated heterocycles. The predicted molar refractivity (Wildman–Crippen MR) is 86.4 cm³/mol. The molecule has 21 heavy (non-hydrogen) atoms. The number of nitrogens with one attached hydrogen (secondary N) is 1. The van der Waals surface area contributed by atoms with E-state index in [4.69, 9.17) is 0 Å². The van der Waals surface area contributed by atoms with Crippen molar-refractivity contribution in [2.45, 2.75) is 58.0 Å². The average Bonchev–Trinajstić information content (AvgIpc) is 3.22. The van der Waals surface area contributed by atoms with Gasteiger partial charge < -0.3 is 5.32 Å². The zero-order valence-electron chi connectivity index (χ0n) is 13.2. The summed E-state index contributed by atoms with van der Waals surface area (Å²) in [5, 5.41) is 3.35. The second-order valence-electron chi connectivity index (χ2n) is 6.04. The first-order chi connectivity index (χ1) is 9.92. The Balaban J connectivity index is 1.99. The summed E-state index contributed by atoms with van der Waals surface area (Å²) in [5.74, 6) is 0.106. The van der Waals surface area contributed by atoms with Gasteiger partial charge in [-0.1, -0.05) is 45.0 Å². The maximum absolute atomic E-state index is 12.4. The van der Waals surface area contributed by atoms with Crippen molar-refractivity contribution < 1.29 is 8.42 Å². The molecule has 0 spiro atoms. The van der Waals surface area contributed by atoms with E-state index in [1.165, 1.54) is 5.56 Å². The molecule has 1 N–H and O–H groups in total. The Morgan fingerprint density at radius 1 is 1.19 bits per heavy atom. The van der Waals surface area contributed by atoms with Crippen molar-refractivity contribution in [3.05, 3.63) is 35.4 Å². The number of benzene rings is 1. The van der Waals surface area contributed by atoms with Gasteiger partial charge in [0.2, 0.25) is 10.0 Å². The minimum Gasteiger partial charge on any atom is -0.310 e.